The van der Waals surface area contributed by atoms with E-state index < -0.39 is 0 Å². The van der Waals surface area contributed by atoms with Crippen molar-refractivity contribution in [1.29, 1.82) is 0 Å². The molecule has 22 heavy (non-hydrogen) atoms. The number of aromatic nitrogens is 5. The molecule has 0 bridgehead atoms. The van der Waals surface area contributed by atoms with Crippen LogP contribution < -0.4 is 5.32 Å². The molecule has 0 atom stereocenters. The van der Waals surface area contributed by atoms with Gasteiger partial charge in [0, 0.05) is 10.4 Å². The molecular weight excluding hydrogens is 324 g/mol. The second-order valence-electron chi connectivity index (χ2n) is 4.54. The maximum atomic E-state index is 12.3. The Labute approximate surface area is 134 Å². The topological polar surface area (TPSA) is 85.6 Å². The molecule has 1 N–H and O–H groups in total. The summed E-state index contributed by atoms with van der Waals surface area (Å²) >= 11 is 7.55. The average Bonchev–Trinajstić information content (AvgIpc) is 3.10. The number of anilines is 1. The number of tetrazole rings is 1. The first kappa shape index (κ1) is 14.6. The maximum Gasteiger partial charge on any atom is 0.257 e. The minimum atomic E-state index is -0.264. The van der Waals surface area contributed by atoms with Crippen LogP contribution in [0.2, 0.25) is 5.02 Å². The van der Waals surface area contributed by atoms with Crippen molar-refractivity contribution >= 4 is 34.0 Å². The van der Waals surface area contributed by atoms with Crippen LogP contribution in [0.5, 0.6) is 0 Å². The van der Waals surface area contributed by atoms with Gasteiger partial charge < -0.3 is 0 Å². The number of nitrogens with one attached hydrogen (secondary N) is 1. The number of hydrogen-bond donors (Lipinski definition) is 1. The number of hydrogen-bond acceptors (Lipinski definition) is 6. The van der Waals surface area contributed by atoms with E-state index in [1.54, 1.807) is 18.2 Å². The Kier molecular flexibility index (Phi) is 3.86. The second-order valence-corrected chi connectivity index (χ2v) is 6.15. The van der Waals surface area contributed by atoms with Crippen LogP contribution in [0, 0.1) is 13.8 Å². The highest BCUT2D eigenvalue weighted by Gasteiger charge is 2.13. The third-order valence-electron chi connectivity index (χ3n) is 3.05. The number of carbonyl (C=O) groups excluding carboxylic acids is 1. The number of rotatable bonds is 3. The van der Waals surface area contributed by atoms with Gasteiger partial charge in [0.2, 0.25) is 0 Å². The predicted molar refractivity (Wildman–Crippen MR) is 83.7 cm³/mol. The Morgan fingerprint density at radius 1 is 1.36 bits per heavy atom. The Hall–Kier alpha value is -2.32. The highest BCUT2D eigenvalue weighted by atomic mass is 35.5. The Balaban J connectivity index is 1.88. The normalized spacial score (nSPS) is 10.7. The van der Waals surface area contributed by atoms with Crippen molar-refractivity contribution in [2.75, 3.05) is 5.32 Å². The molecule has 2 heterocycles. The van der Waals surface area contributed by atoms with Gasteiger partial charge in [-0.1, -0.05) is 11.6 Å². The zero-order valence-electron chi connectivity index (χ0n) is 11.7. The SMILES string of the molecule is Cc1nc(NC(=O)c2ccc(Cl)c(-n3cnnn3)c2)sc1C. The molecule has 1 amide bonds. The van der Waals surface area contributed by atoms with Crippen LogP contribution in [0.1, 0.15) is 20.9 Å². The molecule has 0 aliphatic carbocycles. The van der Waals surface area contributed by atoms with Crippen LogP contribution in [-0.4, -0.2) is 31.1 Å². The molecule has 0 saturated heterocycles. The lowest BCUT2D eigenvalue weighted by Crippen LogP contribution is -2.12. The maximum absolute atomic E-state index is 12.3. The van der Waals surface area contributed by atoms with Crippen molar-refractivity contribution in [2.24, 2.45) is 0 Å². The fourth-order valence-electron chi connectivity index (χ4n) is 1.80. The molecule has 3 aromatic rings. The summed E-state index contributed by atoms with van der Waals surface area (Å²) in [6.45, 7) is 3.86. The number of halogens is 1. The summed E-state index contributed by atoms with van der Waals surface area (Å²) in [5.41, 5.74) is 1.89. The Morgan fingerprint density at radius 2 is 2.18 bits per heavy atom. The molecule has 112 valence electrons. The molecule has 0 aliphatic rings. The molecule has 0 radical (unpaired) electrons. The summed E-state index contributed by atoms with van der Waals surface area (Å²) in [6.07, 6.45) is 1.41. The molecule has 3 rings (SSSR count). The minimum Gasteiger partial charge on any atom is -0.298 e. The van der Waals surface area contributed by atoms with Crippen molar-refractivity contribution in [3.05, 3.63) is 45.7 Å². The number of aryl methyl sites for hydroxylation is 2. The van der Waals surface area contributed by atoms with E-state index in [1.165, 1.54) is 22.3 Å². The molecule has 9 heteroatoms. The fourth-order valence-corrected chi connectivity index (χ4v) is 2.81. The van der Waals surface area contributed by atoms with Crippen molar-refractivity contribution in [3.63, 3.8) is 0 Å². The molecule has 2 aromatic heterocycles. The van der Waals surface area contributed by atoms with Gasteiger partial charge in [-0.25, -0.2) is 4.98 Å². The fraction of sp³-hybridized carbons (Fsp3) is 0.154. The van der Waals surface area contributed by atoms with Gasteiger partial charge in [0.25, 0.3) is 5.91 Å². The lowest BCUT2D eigenvalue weighted by molar-refractivity contribution is 0.102. The number of thiazole rings is 1. The van der Waals surface area contributed by atoms with E-state index in [9.17, 15) is 4.79 Å². The third kappa shape index (κ3) is 2.83. The van der Waals surface area contributed by atoms with E-state index in [-0.39, 0.29) is 5.91 Å². The van der Waals surface area contributed by atoms with E-state index in [0.717, 1.165) is 10.6 Å². The number of carbonyl (C=O) groups is 1. The van der Waals surface area contributed by atoms with Gasteiger partial charge in [-0.2, -0.15) is 4.68 Å². The van der Waals surface area contributed by atoms with Gasteiger partial charge in [0.05, 0.1) is 16.4 Å². The lowest BCUT2D eigenvalue weighted by atomic mass is 10.2. The summed E-state index contributed by atoms with van der Waals surface area (Å²) in [5.74, 6) is -0.264. The zero-order valence-corrected chi connectivity index (χ0v) is 13.3. The first-order valence-corrected chi connectivity index (χ1v) is 7.52. The molecule has 0 spiro atoms. The standard InChI is InChI=1S/C13H11ClN6OS/c1-7-8(2)22-13(16-7)17-12(21)9-3-4-10(14)11(5-9)20-6-15-18-19-20/h3-6H,1-2H3,(H,16,17,21). The van der Waals surface area contributed by atoms with Crippen LogP contribution >= 0.6 is 22.9 Å². The number of nitrogens with zero attached hydrogens (tertiary/aromatic N) is 5. The van der Waals surface area contributed by atoms with Gasteiger partial charge in [-0.15, -0.1) is 16.4 Å². The van der Waals surface area contributed by atoms with Crippen LogP contribution in [0.4, 0.5) is 5.13 Å². The largest absolute Gasteiger partial charge is 0.298 e. The van der Waals surface area contributed by atoms with Gasteiger partial charge in [-0.3, -0.25) is 10.1 Å². The van der Waals surface area contributed by atoms with Crippen LogP contribution in [0.25, 0.3) is 5.69 Å². The summed E-state index contributed by atoms with van der Waals surface area (Å²) < 4.78 is 1.40. The predicted octanol–water partition coefficient (Wildman–Crippen LogP) is 2.64. The van der Waals surface area contributed by atoms with E-state index >= 15 is 0 Å². The highest BCUT2D eigenvalue weighted by molar-refractivity contribution is 7.15. The summed E-state index contributed by atoms with van der Waals surface area (Å²) in [7, 11) is 0. The minimum absolute atomic E-state index is 0.264. The average molecular weight is 335 g/mol. The van der Waals surface area contributed by atoms with Crippen molar-refractivity contribution in [3.8, 4) is 5.69 Å². The molecule has 0 unspecified atom stereocenters. The Morgan fingerprint density at radius 3 is 2.82 bits per heavy atom. The number of amides is 1. The van der Waals surface area contributed by atoms with Crippen molar-refractivity contribution in [2.45, 2.75) is 13.8 Å². The summed E-state index contributed by atoms with van der Waals surface area (Å²) in [4.78, 5) is 17.7. The molecular formula is C13H11ClN6OS. The van der Waals surface area contributed by atoms with Gasteiger partial charge >= 0.3 is 0 Å². The molecule has 0 saturated carbocycles. The van der Waals surface area contributed by atoms with Gasteiger partial charge in [-0.05, 0) is 42.5 Å². The smallest absolute Gasteiger partial charge is 0.257 e. The molecule has 0 fully saturated rings. The molecule has 1 aromatic carbocycles. The van der Waals surface area contributed by atoms with Crippen LogP contribution in [-0.2, 0) is 0 Å². The molecule has 0 aliphatic heterocycles. The van der Waals surface area contributed by atoms with Crippen LogP contribution in [0.3, 0.4) is 0 Å². The van der Waals surface area contributed by atoms with E-state index in [4.69, 9.17) is 11.6 Å². The second kappa shape index (κ2) is 5.82. The highest BCUT2D eigenvalue weighted by Crippen LogP contribution is 2.24. The lowest BCUT2D eigenvalue weighted by Gasteiger charge is -2.06. The summed E-state index contributed by atoms with van der Waals surface area (Å²) in [5, 5.41) is 14.7. The van der Waals surface area contributed by atoms with Crippen LogP contribution in [0.15, 0.2) is 24.5 Å². The van der Waals surface area contributed by atoms with E-state index in [1.807, 2.05) is 13.8 Å². The van der Waals surface area contributed by atoms with E-state index in [2.05, 4.69) is 25.8 Å². The number of benzene rings is 1. The first-order chi connectivity index (χ1) is 10.5. The zero-order chi connectivity index (χ0) is 15.7. The monoisotopic (exact) mass is 334 g/mol. The van der Waals surface area contributed by atoms with Crippen molar-refractivity contribution < 1.29 is 4.79 Å². The first-order valence-electron chi connectivity index (χ1n) is 6.33. The third-order valence-corrected chi connectivity index (χ3v) is 4.36. The van der Waals surface area contributed by atoms with E-state index in [0.29, 0.717) is 21.4 Å². The quantitative estimate of drug-likeness (QED) is 0.795. The molecule has 7 nitrogen and oxygen atoms in total. The van der Waals surface area contributed by atoms with Crippen molar-refractivity contribution in [1.82, 2.24) is 25.2 Å². The summed E-state index contributed by atoms with van der Waals surface area (Å²) in [6, 6.07) is 4.89. The van der Waals surface area contributed by atoms with Gasteiger partial charge in [0.15, 0.2) is 5.13 Å². The van der Waals surface area contributed by atoms with Gasteiger partial charge in [0.1, 0.15) is 6.33 Å². The Bertz CT molecular complexity index is 810.